The van der Waals surface area contributed by atoms with E-state index in [4.69, 9.17) is 12.2 Å². The van der Waals surface area contributed by atoms with Gasteiger partial charge in [0.05, 0.1) is 11.6 Å². The van der Waals surface area contributed by atoms with E-state index in [1.54, 1.807) is 6.92 Å². The van der Waals surface area contributed by atoms with Crippen LogP contribution in [0, 0.1) is 11.6 Å². The lowest BCUT2D eigenvalue weighted by Crippen LogP contribution is -2.46. The Hall–Kier alpha value is -2.80. The van der Waals surface area contributed by atoms with Crippen LogP contribution in [0.25, 0.3) is 0 Å². The van der Waals surface area contributed by atoms with E-state index < -0.39 is 17.7 Å². The Bertz CT molecular complexity index is 972. The first kappa shape index (κ1) is 19.9. The molecule has 0 spiro atoms. The SMILES string of the molecule is CC1=C(C(=O)Nc2ccccc2C(C)C)[C@H](c2ccc(F)cc2F)NC(=S)N1. The highest BCUT2D eigenvalue weighted by molar-refractivity contribution is 7.80. The van der Waals surface area contributed by atoms with E-state index in [1.807, 2.05) is 38.1 Å². The first-order valence-corrected chi connectivity index (χ1v) is 9.32. The van der Waals surface area contributed by atoms with Crippen molar-refractivity contribution in [3.8, 4) is 0 Å². The average Bonchev–Trinajstić information content (AvgIpc) is 2.61. The van der Waals surface area contributed by atoms with Gasteiger partial charge in [0.15, 0.2) is 5.11 Å². The van der Waals surface area contributed by atoms with Gasteiger partial charge in [-0.25, -0.2) is 8.78 Å². The number of benzene rings is 2. The number of amides is 1. The van der Waals surface area contributed by atoms with Crippen molar-refractivity contribution in [3.05, 3.63) is 76.5 Å². The summed E-state index contributed by atoms with van der Waals surface area (Å²) in [5, 5.41) is 9.01. The molecule has 0 saturated carbocycles. The summed E-state index contributed by atoms with van der Waals surface area (Å²) in [4.78, 5) is 13.1. The zero-order valence-electron chi connectivity index (χ0n) is 15.8. The molecule has 7 heteroatoms. The molecule has 0 bridgehead atoms. The summed E-state index contributed by atoms with van der Waals surface area (Å²) in [6.45, 7) is 5.77. The van der Waals surface area contributed by atoms with Gasteiger partial charge in [-0.05, 0) is 42.8 Å². The lowest BCUT2D eigenvalue weighted by molar-refractivity contribution is -0.113. The molecule has 1 heterocycles. The second-order valence-electron chi connectivity index (χ2n) is 6.93. The Morgan fingerprint density at radius 1 is 1.18 bits per heavy atom. The standard InChI is InChI=1S/C21H21F2N3OS/c1-11(2)14-6-4-5-7-17(14)25-20(27)18-12(3)24-21(28)26-19(18)15-9-8-13(22)10-16(15)23/h4-11,19H,1-3H3,(H,25,27)(H2,24,26,28)/t19-/m0/s1. The maximum absolute atomic E-state index is 14.4. The number of carbonyl (C=O) groups excluding carboxylic acids is 1. The Kier molecular flexibility index (Phi) is 5.74. The van der Waals surface area contributed by atoms with Gasteiger partial charge in [-0.2, -0.15) is 0 Å². The van der Waals surface area contributed by atoms with Gasteiger partial charge in [-0.3, -0.25) is 4.79 Å². The zero-order chi connectivity index (χ0) is 20.4. The molecular weight excluding hydrogens is 380 g/mol. The third-order valence-electron chi connectivity index (χ3n) is 4.62. The van der Waals surface area contributed by atoms with E-state index in [0.717, 1.165) is 17.7 Å². The van der Waals surface area contributed by atoms with Gasteiger partial charge in [0.2, 0.25) is 0 Å². The van der Waals surface area contributed by atoms with E-state index in [9.17, 15) is 13.6 Å². The molecule has 146 valence electrons. The molecule has 2 aromatic carbocycles. The normalized spacial score (nSPS) is 16.6. The van der Waals surface area contributed by atoms with Crippen LogP contribution in [0.15, 0.2) is 53.7 Å². The van der Waals surface area contributed by atoms with Crippen molar-refractivity contribution >= 4 is 28.9 Å². The minimum atomic E-state index is -0.833. The van der Waals surface area contributed by atoms with Crippen molar-refractivity contribution in [2.45, 2.75) is 32.7 Å². The number of rotatable bonds is 4. The monoisotopic (exact) mass is 401 g/mol. The summed E-state index contributed by atoms with van der Waals surface area (Å²) in [6, 6.07) is 9.96. The number of para-hydroxylation sites is 1. The summed E-state index contributed by atoms with van der Waals surface area (Å²) in [5.41, 5.74) is 2.63. The van der Waals surface area contributed by atoms with E-state index in [0.29, 0.717) is 11.4 Å². The van der Waals surface area contributed by atoms with Crippen molar-refractivity contribution in [1.82, 2.24) is 10.6 Å². The van der Waals surface area contributed by atoms with Crippen LogP contribution in [0.5, 0.6) is 0 Å². The molecule has 0 aliphatic carbocycles. The number of anilines is 1. The van der Waals surface area contributed by atoms with Crippen LogP contribution in [0.4, 0.5) is 14.5 Å². The smallest absolute Gasteiger partial charge is 0.255 e. The molecule has 3 rings (SSSR count). The predicted octanol–water partition coefficient (Wildman–Crippen LogP) is 4.52. The number of carbonyl (C=O) groups is 1. The molecule has 0 aromatic heterocycles. The Labute approximate surface area is 168 Å². The highest BCUT2D eigenvalue weighted by atomic mass is 32.1. The number of halogens is 2. The molecule has 3 N–H and O–H groups in total. The fraction of sp³-hybridized carbons (Fsp3) is 0.238. The van der Waals surface area contributed by atoms with Crippen molar-refractivity contribution in [2.24, 2.45) is 0 Å². The van der Waals surface area contributed by atoms with Gasteiger partial charge < -0.3 is 16.0 Å². The van der Waals surface area contributed by atoms with E-state index in [2.05, 4.69) is 16.0 Å². The predicted molar refractivity (Wildman–Crippen MR) is 110 cm³/mol. The molecule has 0 saturated heterocycles. The fourth-order valence-electron chi connectivity index (χ4n) is 3.27. The molecule has 0 unspecified atom stereocenters. The van der Waals surface area contributed by atoms with Crippen LogP contribution in [0.1, 0.15) is 43.9 Å². The zero-order valence-corrected chi connectivity index (χ0v) is 16.6. The van der Waals surface area contributed by atoms with Crippen molar-refractivity contribution < 1.29 is 13.6 Å². The van der Waals surface area contributed by atoms with Gasteiger partial charge in [0.25, 0.3) is 5.91 Å². The van der Waals surface area contributed by atoms with Crippen LogP contribution in [0.2, 0.25) is 0 Å². The maximum atomic E-state index is 14.4. The second-order valence-corrected chi connectivity index (χ2v) is 7.34. The maximum Gasteiger partial charge on any atom is 0.255 e. The van der Waals surface area contributed by atoms with E-state index in [1.165, 1.54) is 6.07 Å². The van der Waals surface area contributed by atoms with Crippen molar-refractivity contribution in [3.63, 3.8) is 0 Å². The summed E-state index contributed by atoms with van der Waals surface area (Å²) >= 11 is 5.17. The Morgan fingerprint density at radius 3 is 2.57 bits per heavy atom. The highest BCUT2D eigenvalue weighted by Crippen LogP contribution is 2.31. The molecule has 1 atom stereocenters. The summed E-state index contributed by atoms with van der Waals surface area (Å²) in [5.74, 6) is -1.60. The quantitative estimate of drug-likeness (QED) is 0.660. The van der Waals surface area contributed by atoms with Crippen LogP contribution in [0.3, 0.4) is 0 Å². The van der Waals surface area contributed by atoms with Crippen LogP contribution in [-0.4, -0.2) is 11.0 Å². The van der Waals surface area contributed by atoms with Crippen molar-refractivity contribution in [2.75, 3.05) is 5.32 Å². The lowest BCUT2D eigenvalue weighted by atomic mass is 9.94. The van der Waals surface area contributed by atoms with Crippen molar-refractivity contribution in [1.29, 1.82) is 0 Å². The number of thiocarbonyl (C=S) groups is 1. The molecule has 1 aliphatic heterocycles. The van der Waals surface area contributed by atoms with Gasteiger partial charge >= 0.3 is 0 Å². The first-order valence-electron chi connectivity index (χ1n) is 8.91. The van der Waals surface area contributed by atoms with Crippen LogP contribution in [-0.2, 0) is 4.79 Å². The molecule has 2 aromatic rings. The summed E-state index contributed by atoms with van der Waals surface area (Å²) in [7, 11) is 0. The lowest BCUT2D eigenvalue weighted by Gasteiger charge is -2.30. The minimum Gasteiger partial charge on any atom is -0.351 e. The van der Waals surface area contributed by atoms with E-state index >= 15 is 0 Å². The Balaban J connectivity index is 2.00. The number of allylic oxidation sites excluding steroid dienone is 1. The first-order chi connectivity index (χ1) is 13.3. The molecule has 0 fully saturated rings. The van der Waals surface area contributed by atoms with Gasteiger partial charge in [-0.15, -0.1) is 0 Å². The number of hydrogen-bond acceptors (Lipinski definition) is 2. The minimum absolute atomic E-state index is 0.145. The summed E-state index contributed by atoms with van der Waals surface area (Å²) in [6.07, 6.45) is 0. The van der Waals surface area contributed by atoms with E-state index in [-0.39, 0.29) is 28.1 Å². The third kappa shape index (κ3) is 4.04. The molecule has 1 aliphatic rings. The highest BCUT2D eigenvalue weighted by Gasteiger charge is 2.32. The van der Waals surface area contributed by atoms with Crippen LogP contribution < -0.4 is 16.0 Å². The summed E-state index contributed by atoms with van der Waals surface area (Å²) < 4.78 is 27.8. The third-order valence-corrected chi connectivity index (χ3v) is 4.84. The van der Waals surface area contributed by atoms with Gasteiger partial charge in [-0.1, -0.05) is 38.1 Å². The molecular formula is C21H21F2N3OS. The van der Waals surface area contributed by atoms with Crippen LogP contribution >= 0.6 is 12.2 Å². The van der Waals surface area contributed by atoms with Gasteiger partial charge in [0.1, 0.15) is 11.6 Å². The number of hydrogen-bond donors (Lipinski definition) is 3. The number of nitrogens with one attached hydrogen (secondary N) is 3. The van der Waals surface area contributed by atoms with Gasteiger partial charge in [0, 0.05) is 23.0 Å². The average molecular weight is 401 g/mol. The molecule has 28 heavy (non-hydrogen) atoms. The molecule has 1 amide bonds. The molecule has 4 nitrogen and oxygen atoms in total. The fourth-order valence-corrected chi connectivity index (χ4v) is 3.54. The largest absolute Gasteiger partial charge is 0.351 e. The second kappa shape index (κ2) is 8.06. The topological polar surface area (TPSA) is 53.2 Å². The Morgan fingerprint density at radius 2 is 1.89 bits per heavy atom. The molecule has 0 radical (unpaired) electrons.